The third-order valence-corrected chi connectivity index (χ3v) is 13.8. The molecule has 7 aromatic carbocycles. The van der Waals surface area contributed by atoms with Gasteiger partial charge >= 0.3 is 7.80 Å². The number of fused-ring (bicyclic) bond motifs is 14. The van der Waals surface area contributed by atoms with Crippen molar-refractivity contribution in [2.75, 3.05) is 0 Å². The molecule has 0 saturated carbocycles. The van der Waals surface area contributed by atoms with Gasteiger partial charge in [0.05, 0.1) is 16.4 Å². The third-order valence-electron chi connectivity index (χ3n) is 9.89. The van der Waals surface area contributed by atoms with Crippen LogP contribution in [0.25, 0.3) is 95.1 Å². The standard InChI is InChI=1S/C42H24N2OPS2/c45-46(32-16-8-18-34-38(32)40-36(48-34)22-20-28-24-10-2-5-14-30(24)44-42(28)40)31-15-6-3-11-25(31)26-12-7-17-33-37(26)39-35(47-33)21-19-27-23-9-1-4-13-29(23)43-41(27)39/h1-22,43-44H/q+1. The van der Waals surface area contributed by atoms with Gasteiger partial charge in [-0.3, -0.25) is 0 Å². The minimum atomic E-state index is -1.94. The number of H-pyrrole nitrogens is 2. The smallest absolute Gasteiger partial charge is 0.354 e. The maximum atomic E-state index is 15.1. The van der Waals surface area contributed by atoms with Crippen molar-refractivity contribution in [3.05, 3.63) is 133 Å². The summed E-state index contributed by atoms with van der Waals surface area (Å²) in [5, 5.41) is 11.3. The summed E-state index contributed by atoms with van der Waals surface area (Å²) in [5.41, 5.74) is 6.66. The quantitative estimate of drug-likeness (QED) is 0.181. The Bertz CT molecular complexity index is 3160. The number of aromatic amines is 2. The highest BCUT2D eigenvalue weighted by Crippen LogP contribution is 2.46. The average molecular weight is 668 g/mol. The van der Waals surface area contributed by atoms with E-state index in [1.807, 2.05) is 17.4 Å². The summed E-state index contributed by atoms with van der Waals surface area (Å²) in [6.07, 6.45) is 0. The predicted molar refractivity (Wildman–Crippen MR) is 210 cm³/mol. The fraction of sp³-hybridized carbons (Fsp3) is 0. The lowest BCUT2D eigenvalue weighted by molar-refractivity contribution is 0.598. The van der Waals surface area contributed by atoms with Crippen LogP contribution >= 0.6 is 30.5 Å². The van der Waals surface area contributed by atoms with E-state index in [2.05, 4.69) is 137 Å². The summed E-state index contributed by atoms with van der Waals surface area (Å²) < 4.78 is 19.9. The van der Waals surface area contributed by atoms with Gasteiger partial charge in [0.1, 0.15) is 0 Å². The van der Waals surface area contributed by atoms with Gasteiger partial charge in [-0.15, -0.1) is 22.7 Å². The van der Waals surface area contributed by atoms with E-state index in [0.29, 0.717) is 0 Å². The molecule has 4 aromatic heterocycles. The molecule has 4 heterocycles. The Balaban J connectivity index is 1.18. The molecule has 0 saturated heterocycles. The fourth-order valence-electron chi connectivity index (χ4n) is 7.83. The molecule has 0 bridgehead atoms. The van der Waals surface area contributed by atoms with Crippen LogP contribution in [0.1, 0.15) is 0 Å². The van der Waals surface area contributed by atoms with Gasteiger partial charge in [-0.25, -0.2) is 0 Å². The first-order valence-electron chi connectivity index (χ1n) is 16.0. The van der Waals surface area contributed by atoms with Crippen molar-refractivity contribution in [2.45, 2.75) is 0 Å². The predicted octanol–water partition coefficient (Wildman–Crippen LogP) is 12.1. The van der Waals surface area contributed by atoms with Gasteiger partial charge in [-0.2, -0.15) is 0 Å². The maximum absolute atomic E-state index is 15.1. The van der Waals surface area contributed by atoms with E-state index in [0.717, 1.165) is 59.3 Å². The molecule has 6 heteroatoms. The van der Waals surface area contributed by atoms with Gasteiger partial charge in [-0.1, -0.05) is 83.4 Å². The van der Waals surface area contributed by atoms with Crippen molar-refractivity contribution in [3.8, 4) is 11.1 Å². The van der Waals surface area contributed by atoms with Crippen molar-refractivity contribution >= 4 is 125 Å². The van der Waals surface area contributed by atoms with Crippen LogP contribution in [0.4, 0.5) is 0 Å². The monoisotopic (exact) mass is 667 g/mol. The molecule has 0 aliphatic carbocycles. The maximum Gasteiger partial charge on any atom is 0.416 e. The molecule has 2 N–H and O–H groups in total. The van der Waals surface area contributed by atoms with E-state index in [1.54, 1.807) is 11.3 Å². The molecule has 1 atom stereocenters. The number of aromatic nitrogens is 2. The van der Waals surface area contributed by atoms with Gasteiger partial charge in [0, 0.05) is 73.1 Å². The number of benzene rings is 7. The lowest BCUT2D eigenvalue weighted by Crippen LogP contribution is -2.10. The molecule has 0 amide bonds. The molecular formula is C42H24N2OPS2+. The van der Waals surface area contributed by atoms with E-state index >= 15 is 4.57 Å². The highest BCUT2D eigenvalue weighted by molar-refractivity contribution is 7.62. The van der Waals surface area contributed by atoms with E-state index in [9.17, 15) is 0 Å². The largest absolute Gasteiger partial charge is 0.416 e. The summed E-state index contributed by atoms with van der Waals surface area (Å²) in [4.78, 5) is 7.46. The number of thiophene rings is 2. The zero-order valence-corrected chi connectivity index (χ0v) is 27.9. The summed E-state index contributed by atoms with van der Waals surface area (Å²) in [6.45, 7) is 0. The lowest BCUT2D eigenvalue weighted by atomic mass is 9.98. The summed E-state index contributed by atoms with van der Waals surface area (Å²) in [6, 6.07) is 47.1. The number of rotatable bonds is 3. The highest BCUT2D eigenvalue weighted by atomic mass is 32.1. The zero-order valence-electron chi connectivity index (χ0n) is 25.4. The van der Waals surface area contributed by atoms with Gasteiger partial charge in [-0.05, 0) is 60.2 Å². The zero-order chi connectivity index (χ0) is 31.5. The second-order valence-corrected chi connectivity index (χ2v) is 16.1. The minimum Gasteiger partial charge on any atom is -0.354 e. The van der Waals surface area contributed by atoms with Crippen LogP contribution in [0.15, 0.2) is 133 Å². The first-order valence-corrected chi connectivity index (χ1v) is 18.9. The Hall–Kier alpha value is -5.32. The molecule has 224 valence electrons. The number of para-hydroxylation sites is 2. The number of hydrogen-bond donors (Lipinski definition) is 2. The molecule has 11 rings (SSSR count). The minimum absolute atomic E-state index is 0.860. The molecule has 0 radical (unpaired) electrons. The molecular weight excluding hydrogens is 644 g/mol. The Morgan fingerprint density at radius 1 is 0.396 bits per heavy atom. The summed E-state index contributed by atoms with van der Waals surface area (Å²) in [5.74, 6) is 0. The third kappa shape index (κ3) is 3.58. The van der Waals surface area contributed by atoms with Crippen molar-refractivity contribution in [1.82, 2.24) is 9.97 Å². The molecule has 1 unspecified atom stereocenters. The molecule has 0 fully saturated rings. The second kappa shape index (κ2) is 9.85. The first-order chi connectivity index (χ1) is 23.7. The molecule has 3 nitrogen and oxygen atoms in total. The number of hydrogen-bond acceptors (Lipinski definition) is 3. The molecule has 48 heavy (non-hydrogen) atoms. The molecule has 0 spiro atoms. The molecule has 0 aliphatic heterocycles. The Kier molecular flexibility index (Phi) is 5.48. The Labute approximate surface area is 282 Å². The Morgan fingerprint density at radius 2 is 0.896 bits per heavy atom. The summed E-state index contributed by atoms with van der Waals surface area (Å²) >= 11 is 3.59. The van der Waals surface area contributed by atoms with Crippen LogP contribution in [-0.4, -0.2) is 9.97 Å². The summed E-state index contributed by atoms with van der Waals surface area (Å²) in [7, 11) is -1.94. The molecule has 0 aliphatic rings. The van der Waals surface area contributed by atoms with Gasteiger partial charge in [0.15, 0.2) is 0 Å². The van der Waals surface area contributed by atoms with E-state index in [1.165, 1.54) is 46.4 Å². The van der Waals surface area contributed by atoms with E-state index < -0.39 is 7.80 Å². The van der Waals surface area contributed by atoms with Crippen LogP contribution in [0, 0.1) is 0 Å². The van der Waals surface area contributed by atoms with Crippen LogP contribution in [0.5, 0.6) is 0 Å². The van der Waals surface area contributed by atoms with Gasteiger partial charge in [0.2, 0.25) is 10.6 Å². The Morgan fingerprint density at radius 3 is 1.58 bits per heavy atom. The van der Waals surface area contributed by atoms with Gasteiger partial charge in [0.25, 0.3) is 0 Å². The van der Waals surface area contributed by atoms with Crippen molar-refractivity contribution in [3.63, 3.8) is 0 Å². The van der Waals surface area contributed by atoms with Crippen molar-refractivity contribution < 1.29 is 4.57 Å². The normalized spacial score (nSPS) is 12.6. The first kappa shape index (κ1) is 26.7. The average Bonchev–Trinajstić information content (AvgIpc) is 3.90. The number of nitrogens with one attached hydrogen (secondary N) is 2. The lowest BCUT2D eigenvalue weighted by Gasteiger charge is -2.07. The van der Waals surface area contributed by atoms with Crippen LogP contribution in [0.2, 0.25) is 0 Å². The molecule has 11 aromatic rings. The highest BCUT2D eigenvalue weighted by Gasteiger charge is 2.32. The fourth-order valence-corrected chi connectivity index (χ4v) is 11.7. The van der Waals surface area contributed by atoms with Crippen LogP contribution in [-0.2, 0) is 4.57 Å². The van der Waals surface area contributed by atoms with Crippen LogP contribution in [0.3, 0.4) is 0 Å². The van der Waals surface area contributed by atoms with Crippen molar-refractivity contribution in [2.24, 2.45) is 0 Å². The topological polar surface area (TPSA) is 48.6 Å². The van der Waals surface area contributed by atoms with Crippen LogP contribution < -0.4 is 10.6 Å². The van der Waals surface area contributed by atoms with Crippen molar-refractivity contribution in [1.29, 1.82) is 0 Å². The second-order valence-electron chi connectivity index (χ2n) is 12.4. The van der Waals surface area contributed by atoms with E-state index in [4.69, 9.17) is 0 Å². The van der Waals surface area contributed by atoms with E-state index in [-0.39, 0.29) is 0 Å². The SMILES string of the molecule is O=[P+](c1ccccc1-c1cccc2sc3ccc4c5ccccc5[nH]c4c3c12)c1cccc2sc3ccc4c5ccccc5[nH]c4c3c12. The van der Waals surface area contributed by atoms with Gasteiger partial charge < -0.3 is 9.97 Å².